The van der Waals surface area contributed by atoms with Crippen molar-refractivity contribution in [2.24, 2.45) is 0 Å². The number of benzene rings is 3. The smallest absolute Gasteiger partial charge is 0.318 e. The molecule has 0 amide bonds. The van der Waals surface area contributed by atoms with Gasteiger partial charge in [0.05, 0.1) is 16.5 Å². The van der Waals surface area contributed by atoms with E-state index in [1.165, 1.54) is 12.4 Å². The number of carbonyl (C=O) groups is 2. The molecule has 8 heteroatoms. The summed E-state index contributed by atoms with van der Waals surface area (Å²) in [4.78, 5) is 40.3. The SMILES string of the molecule is Cc1c[nH]c(C(=O)Sc2ccc(OC(=O)C(C)c3cccc(Oc4ccccc4)c3)cc2)c[n+]1=O. The van der Waals surface area contributed by atoms with Crippen LogP contribution in [0.1, 0.15) is 34.6 Å². The largest absolute Gasteiger partial charge is 0.457 e. The molecule has 35 heavy (non-hydrogen) atoms. The van der Waals surface area contributed by atoms with E-state index in [2.05, 4.69) is 4.98 Å². The summed E-state index contributed by atoms with van der Waals surface area (Å²) in [5.74, 6) is 0.791. The van der Waals surface area contributed by atoms with Gasteiger partial charge in [0, 0.05) is 16.7 Å². The second-order valence-corrected chi connectivity index (χ2v) is 8.84. The lowest BCUT2D eigenvalue weighted by molar-refractivity contribution is -0.503. The fourth-order valence-electron chi connectivity index (χ4n) is 3.16. The van der Waals surface area contributed by atoms with Gasteiger partial charge in [-0.05, 0) is 72.8 Å². The summed E-state index contributed by atoms with van der Waals surface area (Å²) in [6, 6.07) is 23.4. The zero-order valence-electron chi connectivity index (χ0n) is 19.1. The standard InChI is InChI=1S/C27H23N2O5S/c1-18-16-28-25(17-29(18)32)27(31)35-24-13-11-22(12-14-24)34-26(30)19(2)20-7-6-10-23(15-20)33-21-8-4-3-5-9-21/h3-17,19H,1-2H3,(H,28,32)/q+1. The third kappa shape index (κ3) is 6.24. The van der Waals surface area contributed by atoms with Crippen LogP contribution in [0.25, 0.3) is 0 Å². The second-order valence-electron chi connectivity index (χ2n) is 7.79. The van der Waals surface area contributed by atoms with Crippen LogP contribution in [0.5, 0.6) is 17.2 Å². The van der Waals surface area contributed by atoms with Gasteiger partial charge in [0.2, 0.25) is 5.12 Å². The molecule has 0 spiro atoms. The Morgan fingerprint density at radius 2 is 1.63 bits per heavy atom. The van der Waals surface area contributed by atoms with Crippen LogP contribution < -0.4 is 13.9 Å². The second kappa shape index (κ2) is 10.8. The average molecular weight is 488 g/mol. The highest BCUT2D eigenvalue weighted by Gasteiger charge is 2.19. The molecule has 0 aliphatic heterocycles. The Labute approximate surface area is 206 Å². The summed E-state index contributed by atoms with van der Waals surface area (Å²) in [5, 5.41) is -0.300. The minimum Gasteiger partial charge on any atom is -0.457 e. The van der Waals surface area contributed by atoms with Crippen LogP contribution in [0.3, 0.4) is 0 Å². The molecule has 0 saturated heterocycles. The highest BCUT2D eigenvalue weighted by atomic mass is 32.2. The molecule has 7 nitrogen and oxygen atoms in total. The first-order chi connectivity index (χ1) is 16.9. The van der Waals surface area contributed by atoms with Crippen molar-refractivity contribution in [2.45, 2.75) is 24.7 Å². The molecule has 176 valence electrons. The van der Waals surface area contributed by atoms with Gasteiger partial charge in [-0.15, -0.1) is 0 Å². The van der Waals surface area contributed by atoms with E-state index in [1.54, 1.807) is 38.1 Å². The number of thioether (sulfide) groups is 1. The fourth-order valence-corrected chi connectivity index (χ4v) is 3.87. The molecule has 3 aromatic carbocycles. The van der Waals surface area contributed by atoms with Crippen LogP contribution in [0.4, 0.5) is 0 Å². The van der Waals surface area contributed by atoms with Crippen molar-refractivity contribution in [2.75, 3.05) is 0 Å². The van der Waals surface area contributed by atoms with E-state index in [-0.39, 0.29) is 10.8 Å². The quantitative estimate of drug-likeness (QED) is 0.156. The first kappa shape index (κ1) is 24.0. The van der Waals surface area contributed by atoms with Gasteiger partial charge in [0.1, 0.15) is 17.2 Å². The van der Waals surface area contributed by atoms with E-state index in [4.69, 9.17) is 9.47 Å². The normalized spacial score (nSPS) is 11.5. The fraction of sp³-hybridized carbons (Fsp3) is 0.111. The molecule has 0 radical (unpaired) electrons. The van der Waals surface area contributed by atoms with Gasteiger partial charge in [0.25, 0.3) is 11.9 Å². The summed E-state index contributed by atoms with van der Waals surface area (Å²) in [6.07, 6.45) is 2.69. The van der Waals surface area contributed by atoms with E-state index in [1.807, 2.05) is 54.6 Å². The summed E-state index contributed by atoms with van der Waals surface area (Å²) < 4.78 is 12.0. The topological polar surface area (TPSA) is 91.4 Å². The number of hydrogen-bond donors (Lipinski definition) is 1. The van der Waals surface area contributed by atoms with Gasteiger partial charge in [-0.3, -0.25) is 9.59 Å². The predicted molar refractivity (Wildman–Crippen MR) is 133 cm³/mol. The number of esters is 1. The molecule has 0 aliphatic carbocycles. The van der Waals surface area contributed by atoms with Crippen molar-refractivity contribution in [3.05, 3.63) is 113 Å². The number of para-hydroxylation sites is 1. The van der Waals surface area contributed by atoms with Gasteiger partial charge in [0.15, 0.2) is 5.69 Å². The Hall–Kier alpha value is -4.17. The van der Waals surface area contributed by atoms with E-state index in [0.717, 1.165) is 17.3 Å². The number of H-pyrrole nitrogens is 1. The molecular weight excluding hydrogens is 464 g/mol. The van der Waals surface area contributed by atoms with Gasteiger partial charge in [-0.2, -0.15) is 0 Å². The minimum absolute atomic E-state index is 0.193. The summed E-state index contributed by atoms with van der Waals surface area (Å²) in [5.41, 5.74) is 1.42. The molecular formula is C27H23N2O5S+. The molecule has 4 aromatic rings. The number of aromatic amines is 1. The third-order valence-corrected chi connectivity index (χ3v) is 6.11. The van der Waals surface area contributed by atoms with Crippen LogP contribution >= 0.6 is 11.8 Å². The number of rotatable bonds is 7. The molecule has 4 rings (SSSR count). The molecule has 0 bridgehead atoms. The lowest BCUT2D eigenvalue weighted by Gasteiger charge is -2.13. The molecule has 1 atom stereocenters. The van der Waals surface area contributed by atoms with E-state index >= 15 is 0 Å². The molecule has 0 saturated carbocycles. The van der Waals surface area contributed by atoms with Crippen molar-refractivity contribution >= 4 is 22.8 Å². The van der Waals surface area contributed by atoms with E-state index in [0.29, 0.717) is 32.3 Å². The van der Waals surface area contributed by atoms with Crippen molar-refractivity contribution in [3.63, 3.8) is 0 Å². The Balaban J connectivity index is 1.37. The van der Waals surface area contributed by atoms with Crippen molar-refractivity contribution in [1.29, 1.82) is 0 Å². The number of aryl methyl sites for hydroxylation is 1. The van der Waals surface area contributed by atoms with Gasteiger partial charge >= 0.3 is 5.97 Å². The Kier molecular flexibility index (Phi) is 7.42. The number of nitrogens with zero attached hydrogens (tertiary/aromatic N) is 1. The molecule has 1 unspecified atom stereocenters. The molecule has 0 fully saturated rings. The number of nitrogens with one attached hydrogen (secondary N) is 1. The van der Waals surface area contributed by atoms with E-state index in [9.17, 15) is 14.5 Å². The molecule has 1 heterocycles. The molecule has 1 N–H and O–H groups in total. The van der Waals surface area contributed by atoms with Crippen LogP contribution in [0, 0.1) is 11.8 Å². The van der Waals surface area contributed by atoms with Crippen molar-refractivity contribution in [3.8, 4) is 17.2 Å². The lowest BCUT2D eigenvalue weighted by Crippen LogP contribution is -2.20. The van der Waals surface area contributed by atoms with Crippen LogP contribution in [0.2, 0.25) is 0 Å². The van der Waals surface area contributed by atoms with Crippen LogP contribution in [-0.2, 0) is 4.79 Å². The van der Waals surface area contributed by atoms with Gasteiger partial charge in [-0.1, -0.05) is 30.3 Å². The monoisotopic (exact) mass is 487 g/mol. The number of aromatic nitrogens is 2. The highest BCUT2D eigenvalue weighted by Crippen LogP contribution is 2.28. The summed E-state index contributed by atoms with van der Waals surface area (Å²) >= 11 is 0.967. The minimum atomic E-state index is -0.513. The van der Waals surface area contributed by atoms with Crippen LogP contribution in [-0.4, -0.2) is 16.1 Å². The maximum Gasteiger partial charge on any atom is 0.318 e. The summed E-state index contributed by atoms with van der Waals surface area (Å²) in [7, 11) is 0. The van der Waals surface area contributed by atoms with Crippen molar-refractivity contribution in [1.82, 2.24) is 4.98 Å². The highest BCUT2D eigenvalue weighted by molar-refractivity contribution is 8.14. The zero-order valence-corrected chi connectivity index (χ0v) is 20.0. The maximum absolute atomic E-state index is 12.7. The Morgan fingerprint density at radius 1 is 0.914 bits per heavy atom. The maximum atomic E-state index is 12.7. The predicted octanol–water partition coefficient (Wildman–Crippen LogP) is 5.67. The Morgan fingerprint density at radius 3 is 2.34 bits per heavy atom. The van der Waals surface area contributed by atoms with Gasteiger partial charge < -0.3 is 14.5 Å². The third-order valence-electron chi connectivity index (χ3n) is 5.19. The first-order valence-electron chi connectivity index (χ1n) is 10.9. The lowest BCUT2D eigenvalue weighted by atomic mass is 10.0. The molecule has 1 aromatic heterocycles. The van der Waals surface area contributed by atoms with Crippen LogP contribution in [0.15, 0.2) is 96.2 Å². The zero-order chi connectivity index (χ0) is 24.8. The number of ether oxygens (including phenoxy) is 2. The molecule has 0 aliphatic rings. The van der Waals surface area contributed by atoms with E-state index < -0.39 is 11.9 Å². The number of carbonyl (C=O) groups excluding carboxylic acids is 2. The first-order valence-corrected chi connectivity index (χ1v) is 11.7. The van der Waals surface area contributed by atoms with Gasteiger partial charge in [-0.25, -0.2) is 0 Å². The van der Waals surface area contributed by atoms with Crippen molar-refractivity contribution < 1.29 is 23.5 Å². The number of hydrogen-bond acceptors (Lipinski definition) is 6. The average Bonchev–Trinajstić information content (AvgIpc) is 2.87. The summed E-state index contributed by atoms with van der Waals surface area (Å²) in [6.45, 7) is 3.41. The Bertz CT molecular complexity index is 1400.